The number of hydrogen-bond acceptors (Lipinski definition) is 6. The van der Waals surface area contributed by atoms with Gasteiger partial charge in [-0.25, -0.2) is 0 Å². The quantitative estimate of drug-likeness (QED) is 0.603. The van der Waals surface area contributed by atoms with E-state index in [1.807, 2.05) is 30.3 Å². The molecule has 7 heteroatoms. The van der Waals surface area contributed by atoms with Crippen molar-refractivity contribution in [2.24, 2.45) is 0 Å². The number of hydrogen-bond donors (Lipinski definition) is 0. The Morgan fingerprint density at radius 1 is 1.09 bits per heavy atom. The van der Waals surface area contributed by atoms with E-state index in [1.54, 1.807) is 24.3 Å². The molecule has 3 aromatic rings. The second kappa shape index (κ2) is 7.43. The first kappa shape index (κ1) is 15.8. The number of ether oxygens (including phenoxy) is 1. The number of thioether (sulfide) groups is 1. The Hall–Kier alpha value is -2.12. The lowest BCUT2D eigenvalue weighted by molar-refractivity contribution is 0.108. The molecule has 0 N–H and O–H groups in total. The molecule has 1 aromatic heterocycles. The van der Waals surface area contributed by atoms with Crippen molar-refractivity contribution < 1.29 is 13.9 Å². The molecule has 0 fully saturated rings. The van der Waals surface area contributed by atoms with Crippen LogP contribution in [0.1, 0.15) is 16.2 Å². The lowest BCUT2D eigenvalue weighted by Crippen LogP contribution is -1.95. The Labute approximate surface area is 145 Å². The molecule has 116 valence electrons. The smallest absolute Gasteiger partial charge is 0.284 e. The van der Waals surface area contributed by atoms with Crippen LogP contribution in [0.15, 0.2) is 68.7 Å². The van der Waals surface area contributed by atoms with Crippen LogP contribution in [0.25, 0.3) is 0 Å². The maximum absolute atomic E-state index is 12.1. The van der Waals surface area contributed by atoms with Crippen LogP contribution >= 0.6 is 27.7 Å². The van der Waals surface area contributed by atoms with Gasteiger partial charge in [0.2, 0.25) is 5.12 Å². The number of rotatable bonds is 5. The Balaban J connectivity index is 1.58. The van der Waals surface area contributed by atoms with Crippen molar-refractivity contribution in [2.75, 3.05) is 0 Å². The molecular formula is C16H11BrN2O3S. The molecule has 2 aromatic carbocycles. The first-order valence-electron chi connectivity index (χ1n) is 6.69. The third kappa shape index (κ3) is 4.43. The van der Waals surface area contributed by atoms with Gasteiger partial charge in [-0.15, -0.1) is 10.2 Å². The summed E-state index contributed by atoms with van der Waals surface area (Å²) in [6.45, 7) is 0.157. The highest BCUT2D eigenvalue weighted by molar-refractivity contribution is 9.10. The lowest BCUT2D eigenvalue weighted by atomic mass is 10.2. The SMILES string of the molecule is O=C(Sc1nnc(COc2ccccc2)o1)c1ccc(Br)cc1. The van der Waals surface area contributed by atoms with Gasteiger partial charge in [-0.3, -0.25) is 4.79 Å². The van der Waals surface area contributed by atoms with E-state index in [0.29, 0.717) is 17.2 Å². The van der Waals surface area contributed by atoms with Crippen molar-refractivity contribution in [1.82, 2.24) is 10.2 Å². The second-order valence-electron chi connectivity index (χ2n) is 4.46. The number of benzene rings is 2. The van der Waals surface area contributed by atoms with Crippen LogP contribution in [0.2, 0.25) is 0 Å². The van der Waals surface area contributed by atoms with Gasteiger partial charge in [-0.05, 0) is 36.4 Å². The van der Waals surface area contributed by atoms with Crippen molar-refractivity contribution >= 4 is 32.8 Å². The van der Waals surface area contributed by atoms with E-state index >= 15 is 0 Å². The summed E-state index contributed by atoms with van der Waals surface area (Å²) in [6, 6.07) is 16.4. The molecule has 0 atom stereocenters. The summed E-state index contributed by atoms with van der Waals surface area (Å²) in [5, 5.41) is 7.76. The van der Waals surface area contributed by atoms with Crippen LogP contribution in [0.3, 0.4) is 0 Å². The molecule has 0 aliphatic heterocycles. The van der Waals surface area contributed by atoms with E-state index < -0.39 is 0 Å². The highest BCUT2D eigenvalue weighted by atomic mass is 79.9. The largest absolute Gasteiger partial charge is 0.484 e. The zero-order chi connectivity index (χ0) is 16.1. The maximum Gasteiger partial charge on any atom is 0.284 e. The summed E-state index contributed by atoms with van der Waals surface area (Å²) in [6.07, 6.45) is 0. The average molecular weight is 391 g/mol. The van der Waals surface area contributed by atoms with Crippen LogP contribution in [-0.4, -0.2) is 15.3 Å². The molecule has 0 radical (unpaired) electrons. The summed E-state index contributed by atoms with van der Waals surface area (Å²) in [4.78, 5) is 12.1. The first-order valence-corrected chi connectivity index (χ1v) is 8.29. The number of aromatic nitrogens is 2. The van der Waals surface area contributed by atoms with Crippen molar-refractivity contribution in [3.8, 4) is 5.75 Å². The minimum Gasteiger partial charge on any atom is -0.484 e. The molecular weight excluding hydrogens is 380 g/mol. The lowest BCUT2D eigenvalue weighted by Gasteiger charge is -2.01. The maximum atomic E-state index is 12.1. The zero-order valence-corrected chi connectivity index (χ0v) is 14.2. The van der Waals surface area contributed by atoms with E-state index in [-0.39, 0.29) is 16.9 Å². The van der Waals surface area contributed by atoms with Gasteiger partial charge in [0.05, 0.1) is 0 Å². The fraction of sp³-hybridized carbons (Fsp3) is 0.0625. The van der Waals surface area contributed by atoms with E-state index in [2.05, 4.69) is 26.1 Å². The molecule has 0 spiro atoms. The first-order chi connectivity index (χ1) is 11.2. The molecule has 0 saturated heterocycles. The standard InChI is InChI=1S/C16H11BrN2O3S/c17-12-8-6-11(7-9-12)15(20)23-16-19-18-14(22-16)10-21-13-4-2-1-3-5-13/h1-9H,10H2. The monoisotopic (exact) mass is 390 g/mol. The molecule has 0 unspecified atom stereocenters. The third-order valence-corrected chi connectivity index (χ3v) is 4.10. The van der Waals surface area contributed by atoms with Crippen LogP contribution in [0.5, 0.6) is 5.75 Å². The molecule has 0 aliphatic carbocycles. The van der Waals surface area contributed by atoms with Gasteiger partial charge in [-0.1, -0.05) is 34.1 Å². The van der Waals surface area contributed by atoms with Gasteiger partial charge in [-0.2, -0.15) is 0 Å². The Morgan fingerprint density at radius 3 is 2.57 bits per heavy atom. The molecule has 1 heterocycles. The minimum absolute atomic E-state index is 0.156. The number of para-hydroxylation sites is 1. The fourth-order valence-corrected chi connectivity index (χ4v) is 2.62. The summed E-state index contributed by atoms with van der Waals surface area (Å²) in [7, 11) is 0. The molecule has 3 rings (SSSR count). The van der Waals surface area contributed by atoms with E-state index in [0.717, 1.165) is 16.2 Å². The highest BCUT2D eigenvalue weighted by Crippen LogP contribution is 2.23. The van der Waals surface area contributed by atoms with Crippen LogP contribution in [-0.2, 0) is 6.61 Å². The molecule has 23 heavy (non-hydrogen) atoms. The topological polar surface area (TPSA) is 65.2 Å². The summed E-state index contributed by atoms with van der Waals surface area (Å²) < 4.78 is 11.8. The molecule has 0 bridgehead atoms. The van der Waals surface area contributed by atoms with Crippen LogP contribution in [0, 0.1) is 0 Å². The van der Waals surface area contributed by atoms with Crippen molar-refractivity contribution in [3.63, 3.8) is 0 Å². The Bertz CT molecular complexity index is 791. The zero-order valence-electron chi connectivity index (χ0n) is 11.8. The van der Waals surface area contributed by atoms with Gasteiger partial charge in [0.1, 0.15) is 5.75 Å². The van der Waals surface area contributed by atoms with Crippen molar-refractivity contribution in [2.45, 2.75) is 11.8 Å². The number of carbonyl (C=O) groups excluding carboxylic acids is 1. The van der Waals surface area contributed by atoms with Crippen LogP contribution in [0.4, 0.5) is 0 Å². The minimum atomic E-state index is -0.156. The van der Waals surface area contributed by atoms with Gasteiger partial charge in [0.15, 0.2) is 6.61 Å². The Morgan fingerprint density at radius 2 is 1.83 bits per heavy atom. The number of nitrogens with zero attached hydrogens (tertiary/aromatic N) is 2. The van der Waals surface area contributed by atoms with Crippen LogP contribution < -0.4 is 4.74 Å². The highest BCUT2D eigenvalue weighted by Gasteiger charge is 2.14. The summed E-state index contributed by atoms with van der Waals surface area (Å²) in [5.41, 5.74) is 0.568. The molecule has 0 amide bonds. The normalized spacial score (nSPS) is 10.5. The average Bonchev–Trinajstić information content (AvgIpc) is 3.02. The summed E-state index contributed by atoms with van der Waals surface area (Å²) >= 11 is 4.22. The van der Waals surface area contributed by atoms with Gasteiger partial charge in [0, 0.05) is 21.8 Å². The number of carbonyl (C=O) groups is 1. The van der Waals surface area contributed by atoms with Gasteiger partial charge >= 0.3 is 0 Å². The second-order valence-corrected chi connectivity index (χ2v) is 6.30. The predicted molar refractivity (Wildman–Crippen MR) is 89.4 cm³/mol. The van der Waals surface area contributed by atoms with E-state index in [4.69, 9.17) is 9.15 Å². The van der Waals surface area contributed by atoms with E-state index in [9.17, 15) is 4.79 Å². The predicted octanol–water partition coefficient (Wildman–Crippen LogP) is 4.34. The third-order valence-electron chi connectivity index (χ3n) is 2.81. The molecule has 5 nitrogen and oxygen atoms in total. The van der Waals surface area contributed by atoms with Crippen molar-refractivity contribution in [3.05, 3.63) is 70.5 Å². The Kier molecular flexibility index (Phi) is 5.09. The van der Waals surface area contributed by atoms with Crippen molar-refractivity contribution in [1.29, 1.82) is 0 Å². The molecule has 0 aliphatic rings. The van der Waals surface area contributed by atoms with Gasteiger partial charge in [0.25, 0.3) is 11.1 Å². The van der Waals surface area contributed by atoms with E-state index in [1.165, 1.54) is 0 Å². The fourth-order valence-electron chi connectivity index (χ4n) is 1.72. The molecule has 0 saturated carbocycles. The van der Waals surface area contributed by atoms with Gasteiger partial charge < -0.3 is 9.15 Å². The summed E-state index contributed by atoms with van der Waals surface area (Å²) in [5.74, 6) is 1.03. The number of halogens is 1.